The van der Waals surface area contributed by atoms with E-state index < -0.39 is 0 Å². The molecule has 1 aliphatic heterocycles. The van der Waals surface area contributed by atoms with Gasteiger partial charge in [-0.05, 0) is 39.7 Å². The summed E-state index contributed by atoms with van der Waals surface area (Å²) in [7, 11) is 0. The van der Waals surface area contributed by atoms with Gasteiger partial charge in [-0.2, -0.15) is 5.10 Å². The Kier molecular flexibility index (Phi) is 4.11. The highest BCUT2D eigenvalue weighted by molar-refractivity contribution is 6.05. The third-order valence-corrected chi connectivity index (χ3v) is 3.94. The number of fused-ring (bicyclic) bond motifs is 1. The number of pyridine rings is 1. The number of aromatic nitrogens is 3. The van der Waals surface area contributed by atoms with Gasteiger partial charge in [0, 0.05) is 24.9 Å². The highest BCUT2D eigenvalue weighted by Crippen LogP contribution is 2.21. The number of carbonyl (C=O) groups excluding carboxylic acids is 1. The van der Waals surface area contributed by atoms with Crippen LogP contribution in [0.25, 0.3) is 11.0 Å². The summed E-state index contributed by atoms with van der Waals surface area (Å²) < 4.78 is 7.39. The number of hydrogen-bond acceptors (Lipinski definition) is 4. The molecule has 1 saturated heterocycles. The Balaban J connectivity index is 1.87. The van der Waals surface area contributed by atoms with Gasteiger partial charge in [-0.3, -0.25) is 4.79 Å². The summed E-state index contributed by atoms with van der Waals surface area (Å²) in [6.07, 6.45) is 3.94. The third-order valence-electron chi connectivity index (χ3n) is 3.94. The lowest BCUT2D eigenvalue weighted by molar-refractivity contribution is 0.0859. The standard InChI is InChI=1S/C16H22N4O2/c1-10(2)20-15-14(9-18-20)13(7-11(3)19-15)16(21)17-8-12-5-4-6-22-12/h7,9-10,12H,4-6,8H2,1-3H3,(H,17,21). The van der Waals surface area contributed by atoms with Crippen LogP contribution in [0.3, 0.4) is 0 Å². The van der Waals surface area contributed by atoms with Crippen LogP contribution in [-0.4, -0.2) is 39.9 Å². The fourth-order valence-corrected chi connectivity index (χ4v) is 2.82. The first-order valence-corrected chi connectivity index (χ1v) is 7.81. The highest BCUT2D eigenvalue weighted by Gasteiger charge is 2.19. The highest BCUT2D eigenvalue weighted by atomic mass is 16.5. The number of aryl methyl sites for hydroxylation is 1. The monoisotopic (exact) mass is 302 g/mol. The van der Waals surface area contributed by atoms with Crippen LogP contribution in [0.15, 0.2) is 12.3 Å². The fraction of sp³-hybridized carbons (Fsp3) is 0.562. The van der Waals surface area contributed by atoms with E-state index in [1.807, 2.05) is 31.5 Å². The van der Waals surface area contributed by atoms with Gasteiger partial charge in [0.2, 0.25) is 0 Å². The van der Waals surface area contributed by atoms with E-state index in [2.05, 4.69) is 15.4 Å². The van der Waals surface area contributed by atoms with Crippen LogP contribution in [-0.2, 0) is 4.74 Å². The number of rotatable bonds is 4. The van der Waals surface area contributed by atoms with E-state index in [1.165, 1.54) is 0 Å². The van der Waals surface area contributed by atoms with Crippen LogP contribution in [0.4, 0.5) is 0 Å². The van der Waals surface area contributed by atoms with Crippen molar-refractivity contribution in [3.05, 3.63) is 23.5 Å². The average molecular weight is 302 g/mol. The zero-order valence-corrected chi connectivity index (χ0v) is 13.3. The van der Waals surface area contributed by atoms with Crippen LogP contribution in [0.5, 0.6) is 0 Å². The number of carbonyl (C=O) groups is 1. The first-order valence-electron chi connectivity index (χ1n) is 7.81. The van der Waals surface area contributed by atoms with E-state index in [1.54, 1.807) is 6.20 Å². The molecule has 1 unspecified atom stereocenters. The summed E-state index contributed by atoms with van der Waals surface area (Å²) in [5.74, 6) is -0.0886. The van der Waals surface area contributed by atoms with Crippen molar-refractivity contribution in [2.75, 3.05) is 13.2 Å². The van der Waals surface area contributed by atoms with E-state index in [-0.39, 0.29) is 18.1 Å². The molecule has 1 atom stereocenters. The van der Waals surface area contributed by atoms with Crippen LogP contribution in [0, 0.1) is 6.92 Å². The van der Waals surface area contributed by atoms with Gasteiger partial charge in [0.25, 0.3) is 5.91 Å². The van der Waals surface area contributed by atoms with Crippen molar-refractivity contribution < 1.29 is 9.53 Å². The normalized spacial score (nSPS) is 18.3. The van der Waals surface area contributed by atoms with Crippen molar-refractivity contribution in [1.82, 2.24) is 20.1 Å². The van der Waals surface area contributed by atoms with Crippen molar-refractivity contribution >= 4 is 16.9 Å². The Morgan fingerprint density at radius 3 is 3.05 bits per heavy atom. The summed E-state index contributed by atoms with van der Waals surface area (Å²) in [4.78, 5) is 17.0. The van der Waals surface area contributed by atoms with E-state index >= 15 is 0 Å². The average Bonchev–Trinajstić information content (AvgIpc) is 3.12. The molecule has 2 aromatic heterocycles. The molecule has 0 radical (unpaired) electrons. The molecule has 0 bridgehead atoms. The van der Waals surface area contributed by atoms with Crippen molar-refractivity contribution in [2.45, 2.75) is 45.8 Å². The molecule has 0 saturated carbocycles. The second kappa shape index (κ2) is 6.04. The molecule has 0 aliphatic carbocycles. The van der Waals surface area contributed by atoms with Gasteiger partial charge in [0.1, 0.15) is 0 Å². The molecule has 2 aromatic rings. The molecule has 6 nitrogen and oxygen atoms in total. The molecule has 0 aromatic carbocycles. The van der Waals surface area contributed by atoms with Gasteiger partial charge in [-0.15, -0.1) is 0 Å². The minimum absolute atomic E-state index is 0.0886. The van der Waals surface area contributed by atoms with Gasteiger partial charge in [-0.25, -0.2) is 9.67 Å². The zero-order valence-electron chi connectivity index (χ0n) is 13.3. The van der Waals surface area contributed by atoms with Crippen molar-refractivity contribution in [2.24, 2.45) is 0 Å². The zero-order chi connectivity index (χ0) is 15.7. The second-order valence-electron chi connectivity index (χ2n) is 6.08. The molecule has 1 amide bonds. The molecule has 118 valence electrons. The molecule has 1 fully saturated rings. The summed E-state index contributed by atoms with van der Waals surface area (Å²) in [5.41, 5.74) is 2.21. The van der Waals surface area contributed by atoms with E-state index in [0.29, 0.717) is 12.1 Å². The number of hydrogen-bond donors (Lipinski definition) is 1. The molecule has 1 N–H and O–H groups in total. The minimum atomic E-state index is -0.0886. The summed E-state index contributed by atoms with van der Waals surface area (Å²) in [6, 6.07) is 2.02. The van der Waals surface area contributed by atoms with Gasteiger partial charge >= 0.3 is 0 Å². The Morgan fingerprint density at radius 2 is 2.36 bits per heavy atom. The second-order valence-corrected chi connectivity index (χ2v) is 6.08. The molecular weight excluding hydrogens is 280 g/mol. The molecule has 0 spiro atoms. The van der Waals surface area contributed by atoms with Crippen molar-refractivity contribution in [3.63, 3.8) is 0 Å². The van der Waals surface area contributed by atoms with Gasteiger partial charge < -0.3 is 10.1 Å². The third kappa shape index (κ3) is 2.83. The van der Waals surface area contributed by atoms with E-state index in [0.717, 1.165) is 36.2 Å². The van der Waals surface area contributed by atoms with Crippen LogP contribution in [0.2, 0.25) is 0 Å². The number of nitrogens with zero attached hydrogens (tertiary/aromatic N) is 3. The quantitative estimate of drug-likeness (QED) is 0.940. The molecule has 3 heterocycles. The fourth-order valence-electron chi connectivity index (χ4n) is 2.82. The van der Waals surface area contributed by atoms with Gasteiger partial charge in [0.15, 0.2) is 5.65 Å². The van der Waals surface area contributed by atoms with E-state index in [4.69, 9.17) is 4.74 Å². The molecular formula is C16H22N4O2. The molecule has 1 aliphatic rings. The lowest BCUT2D eigenvalue weighted by atomic mass is 10.1. The predicted octanol–water partition coefficient (Wildman–Crippen LogP) is 2.23. The maximum atomic E-state index is 12.5. The Hall–Kier alpha value is -1.95. The summed E-state index contributed by atoms with van der Waals surface area (Å²) in [6.45, 7) is 7.34. The molecule has 3 rings (SSSR count). The summed E-state index contributed by atoms with van der Waals surface area (Å²) in [5, 5.41) is 8.13. The van der Waals surface area contributed by atoms with Crippen LogP contribution in [0.1, 0.15) is 48.8 Å². The lowest BCUT2D eigenvalue weighted by Crippen LogP contribution is -2.32. The maximum Gasteiger partial charge on any atom is 0.252 e. The number of ether oxygens (including phenoxy) is 1. The van der Waals surface area contributed by atoms with Crippen LogP contribution < -0.4 is 5.32 Å². The maximum absolute atomic E-state index is 12.5. The van der Waals surface area contributed by atoms with Gasteiger partial charge in [-0.1, -0.05) is 0 Å². The van der Waals surface area contributed by atoms with E-state index in [9.17, 15) is 4.79 Å². The molecule has 6 heteroatoms. The van der Waals surface area contributed by atoms with Crippen molar-refractivity contribution in [3.8, 4) is 0 Å². The topological polar surface area (TPSA) is 69.0 Å². The number of nitrogens with one attached hydrogen (secondary N) is 1. The first kappa shape index (κ1) is 15.0. The Morgan fingerprint density at radius 1 is 1.55 bits per heavy atom. The number of amides is 1. The Labute approximate surface area is 129 Å². The minimum Gasteiger partial charge on any atom is -0.376 e. The van der Waals surface area contributed by atoms with Gasteiger partial charge in [0.05, 0.1) is 23.3 Å². The largest absolute Gasteiger partial charge is 0.376 e. The summed E-state index contributed by atoms with van der Waals surface area (Å²) >= 11 is 0. The van der Waals surface area contributed by atoms with Crippen molar-refractivity contribution in [1.29, 1.82) is 0 Å². The smallest absolute Gasteiger partial charge is 0.252 e. The molecule has 22 heavy (non-hydrogen) atoms. The van der Waals surface area contributed by atoms with Crippen LogP contribution >= 0.6 is 0 Å². The SMILES string of the molecule is Cc1cc(C(=O)NCC2CCCO2)c2cnn(C(C)C)c2n1. The predicted molar refractivity (Wildman–Crippen MR) is 84.0 cm³/mol. The Bertz CT molecular complexity index is 687. The lowest BCUT2D eigenvalue weighted by Gasteiger charge is -2.12. The first-order chi connectivity index (χ1) is 10.6.